The van der Waals surface area contributed by atoms with Gasteiger partial charge in [-0.05, 0) is 66.9 Å². The van der Waals surface area contributed by atoms with Crippen molar-refractivity contribution in [2.24, 2.45) is 0 Å². The predicted octanol–water partition coefficient (Wildman–Crippen LogP) is 5.23. The lowest BCUT2D eigenvalue weighted by atomic mass is 9.96. The number of hydrogen-bond donors (Lipinski definition) is 1. The van der Waals surface area contributed by atoms with E-state index in [1.54, 1.807) is 29.4 Å². The van der Waals surface area contributed by atoms with Crippen molar-refractivity contribution in [1.82, 2.24) is 10.2 Å². The summed E-state index contributed by atoms with van der Waals surface area (Å²) in [5.74, 6) is 0.261. The minimum Gasteiger partial charge on any atom is -0.467 e. The number of furan rings is 1. The van der Waals surface area contributed by atoms with Crippen LogP contribution in [0.3, 0.4) is 0 Å². The number of rotatable bonds is 8. The van der Waals surface area contributed by atoms with Crippen LogP contribution in [0.2, 0.25) is 0 Å². The summed E-state index contributed by atoms with van der Waals surface area (Å²) in [7, 11) is -4.08. The normalized spacial score (nSPS) is 14.5. The molecule has 0 unspecified atom stereocenters. The van der Waals surface area contributed by atoms with Crippen LogP contribution in [-0.4, -0.2) is 25.4 Å². The summed E-state index contributed by atoms with van der Waals surface area (Å²) in [6.45, 7) is 0.618. The van der Waals surface area contributed by atoms with Gasteiger partial charge in [0.2, 0.25) is 0 Å². The van der Waals surface area contributed by atoms with Gasteiger partial charge >= 0.3 is 16.1 Å². The molecule has 1 aliphatic carbocycles. The third-order valence-electron chi connectivity index (χ3n) is 5.75. The van der Waals surface area contributed by atoms with Gasteiger partial charge in [-0.1, -0.05) is 31.4 Å². The molecule has 2 aromatic carbocycles. The van der Waals surface area contributed by atoms with Crippen LogP contribution in [0.15, 0.2) is 76.2 Å². The third kappa shape index (κ3) is 6.38. The van der Waals surface area contributed by atoms with E-state index in [2.05, 4.69) is 5.32 Å². The molecule has 9 heteroatoms. The summed E-state index contributed by atoms with van der Waals surface area (Å²) in [5.41, 5.74) is 0.803. The molecular weight excluding hydrogens is 459 g/mol. The van der Waals surface area contributed by atoms with Crippen LogP contribution in [0.25, 0.3) is 0 Å². The molecule has 180 valence electrons. The number of halogens is 1. The molecule has 34 heavy (non-hydrogen) atoms. The average molecular weight is 487 g/mol. The fourth-order valence-electron chi connectivity index (χ4n) is 3.95. The van der Waals surface area contributed by atoms with Gasteiger partial charge in [-0.25, -0.2) is 9.18 Å². The number of benzene rings is 2. The first kappa shape index (κ1) is 23.8. The van der Waals surface area contributed by atoms with Gasteiger partial charge in [-0.3, -0.25) is 0 Å². The van der Waals surface area contributed by atoms with Crippen LogP contribution in [-0.2, 0) is 23.2 Å². The van der Waals surface area contributed by atoms with Gasteiger partial charge in [0.05, 0.1) is 12.8 Å². The molecule has 0 saturated heterocycles. The molecule has 2 amide bonds. The Hall–Kier alpha value is -3.33. The van der Waals surface area contributed by atoms with Crippen LogP contribution >= 0.6 is 0 Å². The lowest BCUT2D eigenvalue weighted by molar-refractivity contribution is 0.180. The van der Waals surface area contributed by atoms with E-state index < -0.39 is 15.9 Å². The van der Waals surface area contributed by atoms with Crippen molar-refractivity contribution < 1.29 is 26.2 Å². The maximum atomic E-state index is 13.1. The zero-order chi connectivity index (χ0) is 24.0. The van der Waals surface area contributed by atoms with Crippen LogP contribution in [0.5, 0.6) is 5.75 Å². The van der Waals surface area contributed by atoms with Crippen molar-refractivity contribution in [2.45, 2.75) is 56.1 Å². The van der Waals surface area contributed by atoms with E-state index in [-0.39, 0.29) is 22.7 Å². The van der Waals surface area contributed by atoms with Crippen LogP contribution < -0.4 is 9.50 Å². The monoisotopic (exact) mass is 486 g/mol. The molecule has 1 heterocycles. The molecule has 0 atom stereocenters. The van der Waals surface area contributed by atoms with Gasteiger partial charge in [0.1, 0.15) is 22.2 Å². The number of urea groups is 1. The van der Waals surface area contributed by atoms with Gasteiger partial charge in [-0.2, -0.15) is 8.42 Å². The Morgan fingerprint density at radius 2 is 1.71 bits per heavy atom. The van der Waals surface area contributed by atoms with Gasteiger partial charge in [0, 0.05) is 12.6 Å². The zero-order valence-electron chi connectivity index (χ0n) is 18.7. The number of carbonyl (C=O) groups is 1. The molecule has 0 radical (unpaired) electrons. The smallest absolute Gasteiger partial charge is 0.339 e. The van der Waals surface area contributed by atoms with Gasteiger partial charge in [-0.15, -0.1) is 0 Å². The van der Waals surface area contributed by atoms with E-state index in [1.807, 2.05) is 6.07 Å². The summed E-state index contributed by atoms with van der Waals surface area (Å²) in [4.78, 5) is 14.5. The second-order valence-corrected chi connectivity index (χ2v) is 9.90. The molecule has 1 aliphatic rings. The second kappa shape index (κ2) is 10.7. The lowest BCUT2D eigenvalue weighted by Crippen LogP contribution is -2.44. The number of nitrogens with zero attached hydrogens (tertiary/aromatic N) is 1. The maximum absolute atomic E-state index is 13.1. The van der Waals surface area contributed by atoms with Crippen LogP contribution in [0.1, 0.15) is 43.4 Å². The Balaban J connectivity index is 1.43. The number of carbonyl (C=O) groups excluding carboxylic acids is 1. The highest BCUT2D eigenvalue weighted by atomic mass is 32.2. The van der Waals surface area contributed by atoms with E-state index in [0.717, 1.165) is 55.5 Å². The summed E-state index contributed by atoms with van der Waals surface area (Å²) in [6.07, 6.45) is 6.97. The number of amides is 2. The average Bonchev–Trinajstić information content (AvgIpc) is 3.34. The van der Waals surface area contributed by atoms with E-state index in [1.165, 1.54) is 18.6 Å². The van der Waals surface area contributed by atoms with E-state index >= 15 is 0 Å². The topological polar surface area (TPSA) is 88.9 Å². The summed E-state index contributed by atoms with van der Waals surface area (Å²) in [6, 6.07) is 14.5. The first-order valence-corrected chi connectivity index (χ1v) is 12.7. The number of nitrogens with one attached hydrogen (secondary N) is 1. The minimum atomic E-state index is -4.08. The summed E-state index contributed by atoms with van der Waals surface area (Å²) in [5, 5.41) is 3.13. The van der Waals surface area contributed by atoms with Gasteiger partial charge in [0.15, 0.2) is 0 Å². The molecular formula is C25H27FN2O5S. The third-order valence-corrected chi connectivity index (χ3v) is 7.01. The molecule has 7 nitrogen and oxygen atoms in total. The van der Waals surface area contributed by atoms with Crippen molar-refractivity contribution in [3.8, 4) is 5.75 Å². The van der Waals surface area contributed by atoms with Crippen molar-refractivity contribution in [1.29, 1.82) is 0 Å². The molecule has 0 spiro atoms. The standard InChI is InChI=1S/C25H27FN2O5S/c26-20-10-14-24(15-11-20)34(30,31)33-22-12-8-19(9-13-22)17-28(18-23-7-4-16-32-23)25(29)27-21-5-2-1-3-6-21/h4,7-16,21H,1-3,5-6,17-18H2,(H,27,29). The first-order valence-electron chi connectivity index (χ1n) is 11.3. The van der Waals surface area contributed by atoms with Crippen molar-refractivity contribution in [2.75, 3.05) is 0 Å². The van der Waals surface area contributed by atoms with Crippen molar-refractivity contribution in [3.63, 3.8) is 0 Å². The Morgan fingerprint density at radius 1 is 1.00 bits per heavy atom. The van der Waals surface area contributed by atoms with Crippen LogP contribution in [0.4, 0.5) is 9.18 Å². The van der Waals surface area contributed by atoms with E-state index in [9.17, 15) is 17.6 Å². The highest BCUT2D eigenvalue weighted by molar-refractivity contribution is 7.87. The molecule has 0 aliphatic heterocycles. The van der Waals surface area contributed by atoms with Crippen molar-refractivity contribution in [3.05, 3.63) is 84.1 Å². The Kier molecular flexibility index (Phi) is 7.52. The SMILES string of the molecule is O=C(NC1CCCCC1)N(Cc1ccc(OS(=O)(=O)c2ccc(F)cc2)cc1)Cc1ccco1. The van der Waals surface area contributed by atoms with Gasteiger partial charge < -0.3 is 18.8 Å². The zero-order valence-corrected chi connectivity index (χ0v) is 19.5. The number of hydrogen-bond acceptors (Lipinski definition) is 5. The van der Waals surface area contributed by atoms with Crippen molar-refractivity contribution >= 4 is 16.1 Å². The quantitative estimate of drug-likeness (QED) is 0.441. The molecule has 1 N–H and O–H groups in total. The largest absolute Gasteiger partial charge is 0.467 e. The molecule has 1 aromatic heterocycles. The van der Waals surface area contributed by atoms with E-state index in [4.69, 9.17) is 8.60 Å². The Bertz CT molecular complexity index is 1170. The fraction of sp³-hybridized carbons (Fsp3) is 0.320. The first-order chi connectivity index (χ1) is 16.4. The minimum absolute atomic E-state index is 0.123. The lowest BCUT2D eigenvalue weighted by Gasteiger charge is -2.28. The predicted molar refractivity (Wildman–Crippen MR) is 124 cm³/mol. The van der Waals surface area contributed by atoms with Gasteiger partial charge in [0.25, 0.3) is 0 Å². The Labute approximate surface area is 198 Å². The molecule has 1 fully saturated rings. The fourth-order valence-corrected chi connectivity index (χ4v) is 4.88. The highest BCUT2D eigenvalue weighted by Crippen LogP contribution is 2.22. The summed E-state index contributed by atoms with van der Waals surface area (Å²) < 4.78 is 48.5. The molecule has 1 saturated carbocycles. The highest BCUT2D eigenvalue weighted by Gasteiger charge is 2.22. The molecule has 4 rings (SSSR count). The second-order valence-electron chi connectivity index (χ2n) is 8.36. The maximum Gasteiger partial charge on any atom is 0.339 e. The summed E-state index contributed by atoms with van der Waals surface area (Å²) >= 11 is 0. The molecule has 0 bridgehead atoms. The van der Waals surface area contributed by atoms with Crippen LogP contribution in [0, 0.1) is 5.82 Å². The van der Waals surface area contributed by atoms with E-state index in [0.29, 0.717) is 18.8 Å². The molecule has 3 aromatic rings. The Morgan fingerprint density at radius 3 is 2.35 bits per heavy atom.